The number of hydrogen-bond donors (Lipinski definition) is 4. The van der Waals surface area contributed by atoms with E-state index in [1.807, 2.05) is 0 Å². The molecule has 4 rings (SSSR count). The predicted molar refractivity (Wildman–Crippen MR) is 124 cm³/mol. The molecule has 34 heavy (non-hydrogen) atoms. The van der Waals surface area contributed by atoms with Crippen molar-refractivity contribution in [3.05, 3.63) is 77.3 Å². The van der Waals surface area contributed by atoms with Gasteiger partial charge in [0.25, 0.3) is 11.8 Å². The molecule has 0 radical (unpaired) electrons. The Morgan fingerprint density at radius 3 is 2.44 bits per heavy atom. The van der Waals surface area contributed by atoms with Gasteiger partial charge in [0.15, 0.2) is 17.2 Å². The van der Waals surface area contributed by atoms with E-state index in [0.717, 1.165) is 0 Å². The molecule has 10 heteroatoms. The number of para-hydroxylation sites is 1. The van der Waals surface area contributed by atoms with Gasteiger partial charge in [-0.2, -0.15) is 5.10 Å². The number of hydrogen-bond acceptors (Lipinski definition) is 5. The Hall–Kier alpha value is -4.47. The van der Waals surface area contributed by atoms with E-state index in [0.29, 0.717) is 16.8 Å². The number of anilines is 2. The monoisotopic (exact) mass is 463 g/mol. The molecule has 0 aliphatic rings. The van der Waals surface area contributed by atoms with Crippen molar-refractivity contribution in [2.75, 3.05) is 10.6 Å². The van der Waals surface area contributed by atoms with Crippen LogP contribution in [0.25, 0.3) is 11.1 Å². The standard InChI is InChI=1S/C24H22FN5O4/c1-13(31)26-17-11-7-4-8-14(17)22(32)27-21-20-18(29-30-21)12-19(34-20)23(33)28-24(2,3)15-9-5-6-10-16(15)25/h4-12H,1-3H3,(H,26,31)(H,28,33)(H2,27,29,30,32). The van der Waals surface area contributed by atoms with Crippen LogP contribution in [-0.4, -0.2) is 27.9 Å². The third kappa shape index (κ3) is 4.51. The minimum Gasteiger partial charge on any atom is -0.445 e. The van der Waals surface area contributed by atoms with Gasteiger partial charge in [-0.25, -0.2) is 4.39 Å². The minimum atomic E-state index is -1.01. The molecule has 0 atom stereocenters. The fourth-order valence-corrected chi connectivity index (χ4v) is 3.55. The Kier molecular flexibility index (Phi) is 5.89. The van der Waals surface area contributed by atoms with Crippen LogP contribution < -0.4 is 16.0 Å². The summed E-state index contributed by atoms with van der Waals surface area (Å²) >= 11 is 0. The SMILES string of the molecule is CC(=O)Nc1ccccc1C(=O)Nc1n[nH]c2cc(C(=O)NC(C)(C)c3ccccc3F)oc12. The largest absolute Gasteiger partial charge is 0.445 e. The van der Waals surface area contributed by atoms with E-state index >= 15 is 0 Å². The second-order valence-electron chi connectivity index (χ2n) is 8.17. The highest BCUT2D eigenvalue weighted by atomic mass is 19.1. The molecular weight excluding hydrogens is 441 g/mol. The molecule has 2 aromatic heterocycles. The molecule has 174 valence electrons. The maximum atomic E-state index is 14.2. The van der Waals surface area contributed by atoms with Crippen LogP contribution in [-0.2, 0) is 10.3 Å². The van der Waals surface area contributed by atoms with E-state index in [9.17, 15) is 18.8 Å². The lowest BCUT2D eigenvalue weighted by Gasteiger charge is -2.26. The number of fused-ring (bicyclic) bond motifs is 1. The molecule has 0 spiro atoms. The molecular formula is C24H22FN5O4. The molecule has 4 aromatic rings. The molecule has 2 aromatic carbocycles. The Balaban J connectivity index is 1.55. The van der Waals surface area contributed by atoms with Gasteiger partial charge in [-0.3, -0.25) is 19.5 Å². The zero-order valence-corrected chi connectivity index (χ0v) is 18.7. The van der Waals surface area contributed by atoms with Crippen molar-refractivity contribution >= 4 is 40.3 Å². The Morgan fingerprint density at radius 2 is 1.71 bits per heavy atom. The fraction of sp³-hybridized carbons (Fsp3) is 0.167. The number of aromatic amines is 1. The Morgan fingerprint density at radius 1 is 1.00 bits per heavy atom. The third-order valence-corrected chi connectivity index (χ3v) is 5.15. The van der Waals surface area contributed by atoms with E-state index in [1.165, 1.54) is 19.1 Å². The number of carbonyl (C=O) groups excluding carboxylic acids is 3. The van der Waals surface area contributed by atoms with Crippen molar-refractivity contribution in [3.63, 3.8) is 0 Å². The zero-order valence-electron chi connectivity index (χ0n) is 18.7. The second kappa shape index (κ2) is 8.81. The van der Waals surface area contributed by atoms with Gasteiger partial charge in [-0.15, -0.1) is 0 Å². The van der Waals surface area contributed by atoms with Crippen LogP contribution in [0.1, 0.15) is 47.2 Å². The lowest BCUT2D eigenvalue weighted by molar-refractivity contribution is -0.114. The smallest absolute Gasteiger partial charge is 0.287 e. The lowest BCUT2D eigenvalue weighted by atomic mass is 9.93. The summed E-state index contributed by atoms with van der Waals surface area (Å²) in [6.45, 7) is 4.70. The number of carbonyl (C=O) groups is 3. The van der Waals surface area contributed by atoms with E-state index in [4.69, 9.17) is 4.42 Å². The van der Waals surface area contributed by atoms with Crippen LogP contribution in [0, 0.1) is 5.82 Å². The summed E-state index contributed by atoms with van der Waals surface area (Å²) in [5, 5.41) is 14.7. The topological polar surface area (TPSA) is 129 Å². The first-order valence-corrected chi connectivity index (χ1v) is 10.4. The van der Waals surface area contributed by atoms with Crippen molar-refractivity contribution in [3.8, 4) is 0 Å². The van der Waals surface area contributed by atoms with Gasteiger partial charge in [0, 0.05) is 18.6 Å². The third-order valence-electron chi connectivity index (χ3n) is 5.15. The summed E-state index contributed by atoms with van der Waals surface area (Å²) < 4.78 is 19.9. The summed E-state index contributed by atoms with van der Waals surface area (Å²) in [7, 11) is 0. The molecule has 0 aliphatic carbocycles. The van der Waals surface area contributed by atoms with Gasteiger partial charge in [-0.1, -0.05) is 30.3 Å². The van der Waals surface area contributed by atoms with Gasteiger partial charge >= 0.3 is 0 Å². The van der Waals surface area contributed by atoms with Crippen molar-refractivity contribution in [1.29, 1.82) is 0 Å². The average molecular weight is 463 g/mol. The number of nitrogens with one attached hydrogen (secondary N) is 4. The zero-order chi connectivity index (χ0) is 24.5. The first-order chi connectivity index (χ1) is 16.2. The first kappa shape index (κ1) is 22.7. The maximum Gasteiger partial charge on any atom is 0.287 e. The van der Waals surface area contributed by atoms with Crippen molar-refractivity contribution in [2.24, 2.45) is 0 Å². The Labute approximate surface area is 193 Å². The highest BCUT2D eigenvalue weighted by molar-refractivity contribution is 6.11. The molecule has 0 unspecified atom stereocenters. The lowest BCUT2D eigenvalue weighted by Crippen LogP contribution is -2.41. The average Bonchev–Trinajstić information content (AvgIpc) is 3.35. The molecule has 0 bridgehead atoms. The van der Waals surface area contributed by atoms with Gasteiger partial charge < -0.3 is 20.4 Å². The van der Waals surface area contributed by atoms with Crippen LogP contribution in [0.3, 0.4) is 0 Å². The van der Waals surface area contributed by atoms with E-state index in [-0.39, 0.29) is 28.6 Å². The number of nitrogens with zero attached hydrogens (tertiary/aromatic N) is 1. The van der Waals surface area contributed by atoms with E-state index in [2.05, 4.69) is 26.1 Å². The highest BCUT2D eigenvalue weighted by Gasteiger charge is 2.28. The summed E-state index contributed by atoms with van der Waals surface area (Å²) in [5.41, 5.74) is 0.441. The number of furan rings is 1. The molecule has 0 aliphatic heterocycles. The van der Waals surface area contributed by atoms with E-state index in [1.54, 1.807) is 56.3 Å². The maximum absolute atomic E-state index is 14.2. The van der Waals surface area contributed by atoms with Crippen molar-refractivity contribution in [1.82, 2.24) is 15.5 Å². The number of H-pyrrole nitrogens is 1. The first-order valence-electron chi connectivity index (χ1n) is 10.4. The quantitative estimate of drug-likeness (QED) is 0.341. The highest BCUT2D eigenvalue weighted by Crippen LogP contribution is 2.28. The number of rotatable bonds is 6. The molecule has 2 heterocycles. The van der Waals surface area contributed by atoms with Crippen LogP contribution in [0.15, 0.2) is 59.0 Å². The molecule has 0 saturated carbocycles. The second-order valence-corrected chi connectivity index (χ2v) is 8.17. The van der Waals surface area contributed by atoms with Crippen LogP contribution in [0.5, 0.6) is 0 Å². The molecule has 3 amide bonds. The predicted octanol–water partition coefficient (Wildman–Crippen LogP) is 4.17. The van der Waals surface area contributed by atoms with Crippen LogP contribution in [0.4, 0.5) is 15.9 Å². The van der Waals surface area contributed by atoms with Crippen molar-refractivity contribution < 1.29 is 23.2 Å². The van der Waals surface area contributed by atoms with Gasteiger partial charge in [0.05, 0.1) is 16.8 Å². The van der Waals surface area contributed by atoms with Crippen LogP contribution in [0.2, 0.25) is 0 Å². The number of aromatic nitrogens is 2. The van der Waals surface area contributed by atoms with E-state index < -0.39 is 23.2 Å². The molecule has 4 N–H and O–H groups in total. The summed E-state index contributed by atoms with van der Waals surface area (Å²) in [6.07, 6.45) is 0. The summed E-state index contributed by atoms with van der Waals surface area (Å²) in [6, 6.07) is 14.1. The van der Waals surface area contributed by atoms with Crippen molar-refractivity contribution in [2.45, 2.75) is 26.3 Å². The number of benzene rings is 2. The Bertz CT molecular complexity index is 1410. The number of amides is 3. The van der Waals surface area contributed by atoms with Gasteiger partial charge in [-0.05, 0) is 32.0 Å². The summed E-state index contributed by atoms with van der Waals surface area (Å²) in [5.74, 6) is -1.81. The normalized spacial score (nSPS) is 11.3. The number of halogens is 1. The summed E-state index contributed by atoms with van der Waals surface area (Å²) in [4.78, 5) is 37.0. The van der Waals surface area contributed by atoms with Gasteiger partial charge in [0.1, 0.15) is 11.3 Å². The fourth-order valence-electron chi connectivity index (χ4n) is 3.55. The molecule has 0 saturated heterocycles. The minimum absolute atomic E-state index is 0.0396. The van der Waals surface area contributed by atoms with Crippen LogP contribution >= 0.6 is 0 Å². The molecule has 9 nitrogen and oxygen atoms in total. The van der Waals surface area contributed by atoms with Gasteiger partial charge in [0.2, 0.25) is 5.91 Å². The molecule has 0 fully saturated rings.